The fourth-order valence-corrected chi connectivity index (χ4v) is 5.29. The molecule has 4 amide bonds. The van der Waals surface area contributed by atoms with Crippen LogP contribution in [-0.2, 0) is 6.42 Å². The number of hydrogen-bond donors (Lipinski definition) is 4. The third-order valence-electron chi connectivity index (χ3n) is 7.74. The Labute approximate surface area is 283 Å². The van der Waals surface area contributed by atoms with Crippen molar-refractivity contribution in [1.29, 1.82) is 0 Å². The molecule has 4 N–H and O–H groups in total. The van der Waals surface area contributed by atoms with E-state index in [0.717, 1.165) is 11.1 Å². The third kappa shape index (κ3) is 8.33. The van der Waals surface area contributed by atoms with E-state index >= 15 is 0 Å². The van der Waals surface area contributed by atoms with Crippen LogP contribution in [0.3, 0.4) is 0 Å². The quantitative estimate of drug-likeness (QED) is 0.111. The lowest BCUT2D eigenvalue weighted by Crippen LogP contribution is -2.21. The lowest BCUT2D eigenvalue weighted by molar-refractivity contribution is 0.103. The molecule has 0 heterocycles. The average Bonchev–Trinajstić information content (AvgIpc) is 3.14. The maximum atomic E-state index is 13.0. The van der Waals surface area contributed by atoms with Crippen LogP contribution in [0.1, 0.15) is 43.0 Å². The molecule has 49 heavy (non-hydrogen) atoms. The molecule has 0 aliphatic rings. The maximum Gasteiger partial charge on any atom is 0.323 e. The summed E-state index contributed by atoms with van der Waals surface area (Å²) < 4.78 is 0. The van der Waals surface area contributed by atoms with Crippen LogP contribution in [0, 0.1) is 0 Å². The van der Waals surface area contributed by atoms with Crippen LogP contribution < -0.4 is 21.3 Å². The van der Waals surface area contributed by atoms with Gasteiger partial charge in [0, 0.05) is 33.6 Å². The molecule has 0 bridgehead atoms. The molecule has 0 aromatic heterocycles. The van der Waals surface area contributed by atoms with Crippen molar-refractivity contribution in [3.05, 3.63) is 191 Å². The first-order valence-corrected chi connectivity index (χ1v) is 15.6. The van der Waals surface area contributed by atoms with Crippen LogP contribution in [0.5, 0.6) is 0 Å². The van der Waals surface area contributed by atoms with Crippen LogP contribution >= 0.6 is 0 Å². The van der Waals surface area contributed by atoms with Gasteiger partial charge in [-0.05, 0) is 66.1 Å². The molecule has 6 rings (SSSR count). The Hall–Kier alpha value is -6.80. The first-order valence-electron chi connectivity index (χ1n) is 15.6. The molecular weight excluding hydrogens is 612 g/mol. The van der Waals surface area contributed by atoms with Crippen molar-refractivity contribution < 1.29 is 19.2 Å². The number of benzene rings is 6. The SMILES string of the molecule is O=C(Nc1ccc(Cc2ccc(NC(=O)Nc3ccccc3C(=O)c3ccccc3)cc2)cc1)Nc1ccccc1C(=O)c1ccccc1. The van der Waals surface area contributed by atoms with E-state index in [1.165, 1.54) is 0 Å². The summed E-state index contributed by atoms with van der Waals surface area (Å²) in [6, 6.07) is 45.7. The van der Waals surface area contributed by atoms with Crippen molar-refractivity contribution in [3.8, 4) is 0 Å². The molecule has 0 saturated heterocycles. The van der Waals surface area contributed by atoms with Crippen molar-refractivity contribution in [1.82, 2.24) is 0 Å². The van der Waals surface area contributed by atoms with E-state index < -0.39 is 12.1 Å². The summed E-state index contributed by atoms with van der Waals surface area (Å²) in [4.78, 5) is 51.6. The molecule has 0 spiro atoms. The van der Waals surface area contributed by atoms with Gasteiger partial charge >= 0.3 is 12.1 Å². The second-order valence-electron chi connectivity index (χ2n) is 11.2. The molecule has 6 aromatic rings. The van der Waals surface area contributed by atoms with E-state index in [-0.39, 0.29) is 11.6 Å². The minimum absolute atomic E-state index is 0.175. The maximum absolute atomic E-state index is 13.0. The van der Waals surface area contributed by atoms with Crippen LogP contribution in [0.25, 0.3) is 0 Å². The lowest BCUT2D eigenvalue weighted by Gasteiger charge is -2.12. The average molecular weight is 645 g/mol. The van der Waals surface area contributed by atoms with Gasteiger partial charge in [-0.2, -0.15) is 0 Å². The zero-order valence-corrected chi connectivity index (χ0v) is 26.4. The number of amides is 4. The van der Waals surface area contributed by atoms with Crippen molar-refractivity contribution >= 4 is 46.4 Å². The Morgan fingerprint density at radius 3 is 1.10 bits per heavy atom. The zero-order valence-electron chi connectivity index (χ0n) is 26.4. The standard InChI is InChI=1S/C41H32N4O4/c46-38(30-11-3-1-4-12-30)34-15-7-9-17-36(34)44-40(48)42-32-23-19-28(20-24-32)27-29-21-25-33(26-22-29)43-41(49)45-37-18-10-8-16-35(37)39(47)31-13-5-2-6-14-31/h1-26H,27H2,(H2,42,44,48)(H2,43,45,49). The highest BCUT2D eigenvalue weighted by atomic mass is 16.2. The number of rotatable bonds is 10. The molecule has 0 fully saturated rings. The minimum Gasteiger partial charge on any atom is -0.308 e. The van der Waals surface area contributed by atoms with Gasteiger partial charge in [-0.15, -0.1) is 0 Å². The Balaban J connectivity index is 1.01. The van der Waals surface area contributed by atoms with Gasteiger partial charge in [0.15, 0.2) is 11.6 Å². The fraction of sp³-hybridized carbons (Fsp3) is 0.0244. The van der Waals surface area contributed by atoms with Gasteiger partial charge in [0.1, 0.15) is 0 Å². The summed E-state index contributed by atoms with van der Waals surface area (Å²) in [6.07, 6.45) is 0.642. The summed E-state index contributed by atoms with van der Waals surface area (Å²) in [5.41, 5.74) is 6.00. The minimum atomic E-state index is -0.459. The molecule has 0 unspecified atom stereocenters. The Kier molecular flexibility index (Phi) is 9.97. The highest BCUT2D eigenvalue weighted by molar-refractivity contribution is 6.15. The second kappa shape index (κ2) is 15.2. The van der Waals surface area contributed by atoms with Crippen LogP contribution in [0.15, 0.2) is 158 Å². The highest BCUT2D eigenvalue weighted by Gasteiger charge is 2.16. The molecule has 0 aliphatic heterocycles. The predicted octanol–water partition coefficient (Wildman–Crippen LogP) is 9.03. The van der Waals surface area contributed by atoms with Gasteiger partial charge in [0.05, 0.1) is 11.4 Å². The molecule has 8 nitrogen and oxygen atoms in total. The fourth-order valence-electron chi connectivity index (χ4n) is 5.29. The number of nitrogens with one attached hydrogen (secondary N) is 4. The normalized spacial score (nSPS) is 10.4. The van der Waals surface area contributed by atoms with Gasteiger partial charge in [-0.3, -0.25) is 9.59 Å². The molecule has 240 valence electrons. The molecule has 0 saturated carbocycles. The number of para-hydroxylation sites is 2. The van der Waals surface area contributed by atoms with Crippen LogP contribution in [0.2, 0.25) is 0 Å². The monoisotopic (exact) mass is 644 g/mol. The van der Waals surface area contributed by atoms with Crippen molar-refractivity contribution in [2.45, 2.75) is 6.42 Å². The van der Waals surface area contributed by atoms with Crippen molar-refractivity contribution in [2.75, 3.05) is 21.3 Å². The number of hydrogen-bond acceptors (Lipinski definition) is 4. The van der Waals surface area contributed by atoms with Gasteiger partial charge in [-0.1, -0.05) is 109 Å². The number of carbonyl (C=O) groups excluding carboxylic acids is 4. The molecule has 0 atom stereocenters. The number of carbonyl (C=O) groups is 4. The summed E-state index contributed by atoms with van der Waals surface area (Å²) in [5.74, 6) is -0.350. The van der Waals surface area contributed by atoms with Crippen molar-refractivity contribution in [3.63, 3.8) is 0 Å². The molecule has 6 aromatic carbocycles. The predicted molar refractivity (Wildman–Crippen MR) is 194 cm³/mol. The topological polar surface area (TPSA) is 116 Å². The van der Waals surface area contributed by atoms with E-state index in [1.54, 1.807) is 97.1 Å². The Morgan fingerprint density at radius 2 is 0.714 bits per heavy atom. The first kappa shape index (κ1) is 32.2. The van der Waals surface area contributed by atoms with Gasteiger partial charge in [0.2, 0.25) is 0 Å². The third-order valence-corrected chi connectivity index (χ3v) is 7.74. The first-order chi connectivity index (χ1) is 23.9. The Bertz CT molecular complexity index is 1940. The van der Waals surface area contributed by atoms with E-state index in [0.29, 0.717) is 51.4 Å². The highest BCUT2D eigenvalue weighted by Crippen LogP contribution is 2.22. The summed E-state index contributed by atoms with van der Waals surface area (Å²) in [5, 5.41) is 11.2. The van der Waals surface area contributed by atoms with Crippen molar-refractivity contribution in [2.24, 2.45) is 0 Å². The van der Waals surface area contributed by atoms with E-state index in [2.05, 4.69) is 21.3 Å². The van der Waals surface area contributed by atoms with Gasteiger partial charge in [-0.25, -0.2) is 9.59 Å². The van der Waals surface area contributed by atoms with Crippen LogP contribution in [0.4, 0.5) is 32.3 Å². The number of ketones is 2. The summed E-state index contributed by atoms with van der Waals surface area (Å²) in [6.45, 7) is 0. The summed E-state index contributed by atoms with van der Waals surface area (Å²) in [7, 11) is 0. The molecule has 8 heteroatoms. The van der Waals surface area contributed by atoms with E-state index in [4.69, 9.17) is 0 Å². The van der Waals surface area contributed by atoms with Gasteiger partial charge in [0.25, 0.3) is 0 Å². The second-order valence-corrected chi connectivity index (χ2v) is 11.2. The van der Waals surface area contributed by atoms with E-state index in [9.17, 15) is 19.2 Å². The smallest absolute Gasteiger partial charge is 0.308 e. The molecular formula is C41H32N4O4. The number of urea groups is 2. The molecule has 0 radical (unpaired) electrons. The Morgan fingerprint density at radius 1 is 0.367 bits per heavy atom. The van der Waals surface area contributed by atoms with Gasteiger partial charge < -0.3 is 21.3 Å². The lowest BCUT2D eigenvalue weighted by atomic mass is 10.0. The van der Waals surface area contributed by atoms with Crippen LogP contribution in [-0.4, -0.2) is 23.6 Å². The largest absolute Gasteiger partial charge is 0.323 e. The number of anilines is 4. The van der Waals surface area contributed by atoms with E-state index in [1.807, 2.05) is 60.7 Å². The zero-order chi connectivity index (χ0) is 34.0. The molecule has 0 aliphatic carbocycles. The summed E-state index contributed by atoms with van der Waals surface area (Å²) >= 11 is 0.